The molecule has 102 valence electrons. The van der Waals surface area contributed by atoms with E-state index in [4.69, 9.17) is 0 Å². The van der Waals surface area contributed by atoms with Crippen molar-refractivity contribution in [3.05, 3.63) is 22.4 Å². The molecule has 0 aromatic carbocycles. The fourth-order valence-corrected chi connectivity index (χ4v) is 4.07. The molecule has 2 unspecified atom stereocenters. The molecule has 0 radical (unpaired) electrons. The fourth-order valence-electron chi connectivity index (χ4n) is 3.37. The number of aliphatic hydroxyl groups is 1. The maximum absolute atomic E-state index is 10.8. The quantitative estimate of drug-likeness (QED) is 0.822. The molecular weight excluding hydrogens is 240 g/mol. The molecule has 0 saturated heterocycles. The van der Waals surface area contributed by atoms with Gasteiger partial charge in [-0.15, -0.1) is 0 Å². The molecule has 0 amide bonds. The molecular formula is C16H26OS. The van der Waals surface area contributed by atoms with E-state index in [9.17, 15) is 5.11 Å². The van der Waals surface area contributed by atoms with Crippen molar-refractivity contribution >= 4 is 11.3 Å². The largest absolute Gasteiger partial charge is 0.390 e. The summed E-state index contributed by atoms with van der Waals surface area (Å²) in [4.78, 5) is 0. The van der Waals surface area contributed by atoms with Gasteiger partial charge in [0.1, 0.15) is 0 Å². The molecule has 2 atom stereocenters. The number of hydrogen-bond acceptors (Lipinski definition) is 2. The second-order valence-electron chi connectivity index (χ2n) is 6.45. The van der Waals surface area contributed by atoms with Gasteiger partial charge in [-0.05, 0) is 66.3 Å². The van der Waals surface area contributed by atoms with Crippen molar-refractivity contribution in [2.24, 2.45) is 11.8 Å². The summed E-state index contributed by atoms with van der Waals surface area (Å²) in [5, 5.41) is 15.1. The lowest BCUT2D eigenvalue weighted by Crippen LogP contribution is -2.36. The van der Waals surface area contributed by atoms with Crippen LogP contribution in [0.1, 0.15) is 57.9 Å². The van der Waals surface area contributed by atoms with E-state index < -0.39 is 0 Å². The SMILES string of the molecule is CC(C)CC1CCCC(O)(CCc2ccsc2)C1. The maximum Gasteiger partial charge on any atom is 0.0653 e. The van der Waals surface area contributed by atoms with Crippen molar-refractivity contribution in [3.63, 3.8) is 0 Å². The highest BCUT2D eigenvalue weighted by Crippen LogP contribution is 2.38. The first-order valence-electron chi connectivity index (χ1n) is 7.31. The van der Waals surface area contributed by atoms with Gasteiger partial charge in [-0.2, -0.15) is 11.3 Å². The average molecular weight is 266 g/mol. The van der Waals surface area contributed by atoms with Gasteiger partial charge in [0.05, 0.1) is 5.60 Å². The number of aryl methyl sites for hydroxylation is 1. The molecule has 1 aromatic heterocycles. The van der Waals surface area contributed by atoms with Crippen LogP contribution in [0.15, 0.2) is 16.8 Å². The van der Waals surface area contributed by atoms with Crippen LogP contribution in [0.4, 0.5) is 0 Å². The van der Waals surface area contributed by atoms with Crippen LogP contribution in [0.25, 0.3) is 0 Å². The smallest absolute Gasteiger partial charge is 0.0653 e. The van der Waals surface area contributed by atoms with E-state index in [-0.39, 0.29) is 5.60 Å². The second kappa shape index (κ2) is 6.21. The summed E-state index contributed by atoms with van der Waals surface area (Å²) >= 11 is 1.75. The van der Waals surface area contributed by atoms with Crippen molar-refractivity contribution in [3.8, 4) is 0 Å². The zero-order valence-electron chi connectivity index (χ0n) is 11.7. The Kier molecular flexibility index (Phi) is 4.85. The molecule has 0 bridgehead atoms. The third-order valence-electron chi connectivity index (χ3n) is 4.19. The van der Waals surface area contributed by atoms with E-state index >= 15 is 0 Å². The Balaban J connectivity index is 1.85. The summed E-state index contributed by atoms with van der Waals surface area (Å²) in [7, 11) is 0. The van der Waals surface area contributed by atoms with E-state index in [0.29, 0.717) is 0 Å². The molecule has 1 heterocycles. The Labute approximate surface area is 115 Å². The lowest BCUT2D eigenvalue weighted by Gasteiger charge is -2.37. The van der Waals surface area contributed by atoms with Crippen LogP contribution in [0, 0.1) is 11.8 Å². The molecule has 2 heteroatoms. The monoisotopic (exact) mass is 266 g/mol. The lowest BCUT2D eigenvalue weighted by atomic mass is 9.73. The maximum atomic E-state index is 10.8. The van der Waals surface area contributed by atoms with Gasteiger partial charge < -0.3 is 5.11 Å². The molecule has 1 aliphatic carbocycles. The molecule has 1 N–H and O–H groups in total. The van der Waals surface area contributed by atoms with E-state index in [1.807, 2.05) is 0 Å². The predicted molar refractivity (Wildman–Crippen MR) is 79.0 cm³/mol. The zero-order valence-corrected chi connectivity index (χ0v) is 12.5. The molecule has 1 saturated carbocycles. The summed E-state index contributed by atoms with van der Waals surface area (Å²) < 4.78 is 0. The van der Waals surface area contributed by atoms with Crippen LogP contribution in [0.3, 0.4) is 0 Å². The number of hydrogen-bond donors (Lipinski definition) is 1. The third-order valence-corrected chi connectivity index (χ3v) is 4.92. The molecule has 2 rings (SSSR count). The van der Waals surface area contributed by atoms with Gasteiger partial charge in [0.15, 0.2) is 0 Å². The van der Waals surface area contributed by atoms with Gasteiger partial charge >= 0.3 is 0 Å². The summed E-state index contributed by atoms with van der Waals surface area (Å²) in [6.07, 6.45) is 7.81. The second-order valence-corrected chi connectivity index (χ2v) is 7.23. The van der Waals surface area contributed by atoms with Crippen LogP contribution >= 0.6 is 11.3 Å². The highest BCUT2D eigenvalue weighted by atomic mass is 32.1. The van der Waals surface area contributed by atoms with Gasteiger partial charge in [0.2, 0.25) is 0 Å². The van der Waals surface area contributed by atoms with Crippen LogP contribution in [0.2, 0.25) is 0 Å². The molecule has 18 heavy (non-hydrogen) atoms. The minimum atomic E-state index is -0.389. The Morgan fingerprint density at radius 3 is 3.00 bits per heavy atom. The summed E-state index contributed by atoms with van der Waals surface area (Å²) in [6.45, 7) is 4.58. The molecule has 0 spiro atoms. The zero-order chi connectivity index (χ0) is 13.0. The molecule has 0 aliphatic heterocycles. The fraction of sp³-hybridized carbons (Fsp3) is 0.750. The van der Waals surface area contributed by atoms with E-state index in [2.05, 4.69) is 30.7 Å². The minimum absolute atomic E-state index is 0.389. The van der Waals surface area contributed by atoms with Crippen molar-refractivity contribution in [1.29, 1.82) is 0 Å². The first-order chi connectivity index (χ1) is 8.57. The topological polar surface area (TPSA) is 20.2 Å². The van der Waals surface area contributed by atoms with Crippen molar-refractivity contribution in [1.82, 2.24) is 0 Å². The standard InChI is InChI=1S/C16H26OS/c1-13(2)10-15-4-3-7-16(17,11-15)8-5-14-6-9-18-12-14/h6,9,12-13,15,17H,3-5,7-8,10-11H2,1-2H3. The van der Waals surface area contributed by atoms with E-state index in [1.165, 1.54) is 24.8 Å². The van der Waals surface area contributed by atoms with Crippen LogP contribution < -0.4 is 0 Å². The van der Waals surface area contributed by atoms with Crippen LogP contribution in [-0.2, 0) is 6.42 Å². The minimum Gasteiger partial charge on any atom is -0.390 e. The van der Waals surface area contributed by atoms with Gasteiger partial charge in [0.25, 0.3) is 0 Å². The molecule has 1 aliphatic rings. The van der Waals surface area contributed by atoms with Gasteiger partial charge in [0, 0.05) is 0 Å². The van der Waals surface area contributed by atoms with Crippen LogP contribution in [-0.4, -0.2) is 10.7 Å². The number of rotatable bonds is 5. The Morgan fingerprint density at radius 1 is 1.50 bits per heavy atom. The van der Waals surface area contributed by atoms with E-state index in [0.717, 1.165) is 37.5 Å². The Bertz CT molecular complexity index is 344. The first kappa shape index (κ1) is 14.1. The molecule has 1 nitrogen and oxygen atoms in total. The highest BCUT2D eigenvalue weighted by Gasteiger charge is 2.33. The Morgan fingerprint density at radius 2 is 2.33 bits per heavy atom. The third kappa shape index (κ3) is 4.10. The van der Waals surface area contributed by atoms with E-state index in [1.54, 1.807) is 11.3 Å². The normalized spacial score (nSPS) is 28.8. The highest BCUT2D eigenvalue weighted by molar-refractivity contribution is 7.07. The Hall–Kier alpha value is -0.340. The van der Waals surface area contributed by atoms with Crippen molar-refractivity contribution < 1.29 is 5.11 Å². The van der Waals surface area contributed by atoms with Gasteiger partial charge in [-0.25, -0.2) is 0 Å². The number of thiophene rings is 1. The van der Waals surface area contributed by atoms with Crippen molar-refractivity contribution in [2.45, 2.75) is 64.4 Å². The summed E-state index contributed by atoms with van der Waals surface area (Å²) in [5.41, 5.74) is 0.999. The average Bonchev–Trinajstić information content (AvgIpc) is 2.78. The predicted octanol–water partition coefficient (Wildman–Crippen LogP) is 4.65. The van der Waals surface area contributed by atoms with Gasteiger partial charge in [-0.1, -0.05) is 26.7 Å². The molecule has 1 fully saturated rings. The van der Waals surface area contributed by atoms with Crippen molar-refractivity contribution in [2.75, 3.05) is 0 Å². The molecule has 1 aromatic rings. The summed E-state index contributed by atoms with van der Waals surface area (Å²) in [6, 6.07) is 2.18. The first-order valence-corrected chi connectivity index (χ1v) is 8.25. The lowest BCUT2D eigenvalue weighted by molar-refractivity contribution is -0.0259. The van der Waals surface area contributed by atoms with Gasteiger partial charge in [-0.3, -0.25) is 0 Å². The van der Waals surface area contributed by atoms with Crippen LogP contribution in [0.5, 0.6) is 0 Å². The summed E-state index contributed by atoms with van der Waals surface area (Å²) in [5.74, 6) is 1.50.